The fourth-order valence-corrected chi connectivity index (χ4v) is 5.97. The number of aromatic nitrogens is 1. The van der Waals surface area contributed by atoms with Crippen LogP contribution in [0.1, 0.15) is 64.6 Å². The van der Waals surface area contributed by atoms with E-state index in [4.69, 9.17) is 0 Å². The summed E-state index contributed by atoms with van der Waals surface area (Å²) in [5.74, 6) is -0.218. The van der Waals surface area contributed by atoms with Gasteiger partial charge in [-0.2, -0.15) is 0 Å². The van der Waals surface area contributed by atoms with Crippen molar-refractivity contribution in [2.75, 3.05) is 30.3 Å². The van der Waals surface area contributed by atoms with Gasteiger partial charge in [0.1, 0.15) is 0 Å². The molecule has 1 aromatic heterocycles. The molecule has 4 amide bonds. The molecule has 0 bridgehead atoms. The van der Waals surface area contributed by atoms with Crippen molar-refractivity contribution in [3.8, 4) is 0 Å². The van der Waals surface area contributed by atoms with E-state index in [1.54, 1.807) is 53.7 Å². The Labute approximate surface area is 256 Å². The summed E-state index contributed by atoms with van der Waals surface area (Å²) in [6.07, 6.45) is -2.44. The first-order valence-electron chi connectivity index (χ1n) is 14.1. The third-order valence-electron chi connectivity index (χ3n) is 6.79. The van der Waals surface area contributed by atoms with Crippen molar-refractivity contribution in [1.82, 2.24) is 25.0 Å². The largest absolute Gasteiger partial charge is 0.465 e. The van der Waals surface area contributed by atoms with E-state index >= 15 is 0 Å². The van der Waals surface area contributed by atoms with E-state index in [1.807, 2.05) is 12.1 Å². The molecule has 13 nitrogen and oxygen atoms in total. The Hall–Kier alpha value is -3.91. The van der Waals surface area contributed by atoms with Crippen LogP contribution in [0.4, 0.5) is 20.4 Å². The zero-order valence-electron chi connectivity index (χ0n) is 25.9. The molecule has 43 heavy (non-hydrogen) atoms. The smallest absolute Gasteiger partial charge is 0.410 e. The van der Waals surface area contributed by atoms with Gasteiger partial charge in [0.15, 0.2) is 11.4 Å². The van der Waals surface area contributed by atoms with E-state index in [0.29, 0.717) is 43.3 Å². The minimum Gasteiger partial charge on any atom is -0.465 e. The number of nitrogens with one attached hydrogen (secondary N) is 3. The number of rotatable bonds is 10. The highest BCUT2D eigenvalue weighted by Crippen LogP contribution is 2.29. The van der Waals surface area contributed by atoms with Gasteiger partial charge >= 0.3 is 12.2 Å². The standard InChI is InChI=1S/C29H43N7O6S/c1-18(37)31-24-33-21(22(43-24)16-34-15-14-30-23(38)17-34)13-10-19-8-11-20(12-9-19)32-25(35(26(39)40)28(2,3)4)36(27(41)42)29(5,6)7/h8-9,11-12,25,32H,10,13-17H2,1-7H3,(H,30,38)(H,39,40)(H,41,42)(H,31,33,37). The van der Waals surface area contributed by atoms with E-state index in [2.05, 4.69) is 25.8 Å². The lowest BCUT2D eigenvalue weighted by molar-refractivity contribution is -0.124. The second-order valence-corrected chi connectivity index (χ2v) is 13.6. The van der Waals surface area contributed by atoms with Crippen LogP contribution in [-0.2, 0) is 29.0 Å². The fourth-order valence-electron chi connectivity index (χ4n) is 4.88. The maximum Gasteiger partial charge on any atom is 0.410 e. The lowest BCUT2D eigenvalue weighted by Gasteiger charge is -2.48. The zero-order valence-corrected chi connectivity index (χ0v) is 26.7. The highest BCUT2D eigenvalue weighted by Gasteiger charge is 2.43. The van der Waals surface area contributed by atoms with Crippen LogP contribution in [0, 0.1) is 0 Å². The third-order valence-corrected chi connectivity index (χ3v) is 7.79. The molecule has 0 aliphatic carbocycles. The fraction of sp³-hybridized carbons (Fsp3) is 0.552. The number of carboxylic acid groups (broad SMARTS) is 2. The molecule has 1 aliphatic heterocycles. The molecular weight excluding hydrogens is 574 g/mol. The van der Waals surface area contributed by atoms with E-state index in [1.165, 1.54) is 18.3 Å². The molecule has 1 aliphatic rings. The molecule has 2 heterocycles. The van der Waals surface area contributed by atoms with Crippen molar-refractivity contribution in [1.29, 1.82) is 0 Å². The van der Waals surface area contributed by atoms with E-state index in [9.17, 15) is 29.4 Å². The zero-order chi connectivity index (χ0) is 32.1. The predicted molar refractivity (Wildman–Crippen MR) is 165 cm³/mol. The van der Waals surface area contributed by atoms with Gasteiger partial charge in [-0.1, -0.05) is 12.1 Å². The van der Waals surface area contributed by atoms with Gasteiger partial charge < -0.3 is 26.2 Å². The molecule has 0 atom stereocenters. The molecule has 5 N–H and O–H groups in total. The first-order chi connectivity index (χ1) is 20.0. The molecule has 2 aromatic rings. The number of nitrogens with zero attached hydrogens (tertiary/aromatic N) is 4. The number of thiazole rings is 1. The maximum atomic E-state index is 12.4. The number of hydrogen-bond donors (Lipinski definition) is 5. The quantitative estimate of drug-likeness (QED) is 0.247. The van der Waals surface area contributed by atoms with Crippen LogP contribution in [0.25, 0.3) is 0 Å². The van der Waals surface area contributed by atoms with Gasteiger partial charge in [-0.05, 0) is 72.1 Å². The van der Waals surface area contributed by atoms with Gasteiger partial charge in [0.05, 0.1) is 12.2 Å². The molecule has 236 valence electrons. The number of amides is 4. The number of aryl methyl sites for hydroxylation is 2. The number of piperazine rings is 1. The molecule has 0 unspecified atom stereocenters. The summed E-state index contributed by atoms with van der Waals surface area (Å²) >= 11 is 1.41. The predicted octanol–water partition coefficient (Wildman–Crippen LogP) is 4.07. The van der Waals surface area contributed by atoms with Crippen LogP contribution in [-0.4, -0.2) is 90.9 Å². The Morgan fingerprint density at radius 3 is 2.09 bits per heavy atom. The highest BCUT2D eigenvalue weighted by molar-refractivity contribution is 7.15. The van der Waals surface area contributed by atoms with Crippen LogP contribution in [0.2, 0.25) is 0 Å². The Bertz CT molecular complexity index is 1280. The molecule has 1 saturated heterocycles. The van der Waals surface area contributed by atoms with Crippen LogP contribution in [0.5, 0.6) is 0 Å². The highest BCUT2D eigenvalue weighted by atomic mass is 32.1. The molecular formula is C29H43N7O6S. The first kappa shape index (κ1) is 33.6. The monoisotopic (exact) mass is 617 g/mol. The summed E-state index contributed by atoms with van der Waals surface area (Å²) in [6, 6.07) is 7.40. The number of carbonyl (C=O) groups excluding carboxylic acids is 2. The van der Waals surface area contributed by atoms with Gasteiger partial charge in [0, 0.05) is 48.2 Å². The Morgan fingerprint density at radius 2 is 1.60 bits per heavy atom. The second kappa shape index (κ2) is 13.6. The average molecular weight is 618 g/mol. The average Bonchev–Trinajstić information content (AvgIpc) is 3.21. The number of anilines is 2. The van der Waals surface area contributed by atoms with Gasteiger partial charge in [-0.3, -0.25) is 24.3 Å². The Morgan fingerprint density at radius 1 is 1.02 bits per heavy atom. The van der Waals surface area contributed by atoms with Gasteiger partial charge in [-0.25, -0.2) is 14.6 Å². The van der Waals surface area contributed by atoms with Crippen molar-refractivity contribution in [3.63, 3.8) is 0 Å². The third kappa shape index (κ3) is 9.29. The van der Waals surface area contributed by atoms with Gasteiger partial charge in [0.2, 0.25) is 11.8 Å². The molecule has 1 fully saturated rings. The lowest BCUT2D eigenvalue weighted by Crippen LogP contribution is -2.66. The van der Waals surface area contributed by atoms with Crippen LogP contribution >= 0.6 is 11.3 Å². The van der Waals surface area contributed by atoms with Crippen molar-refractivity contribution in [3.05, 3.63) is 40.4 Å². The second-order valence-electron chi connectivity index (χ2n) is 12.5. The minimum atomic E-state index is -1.25. The van der Waals surface area contributed by atoms with Crippen molar-refractivity contribution in [2.45, 2.75) is 85.2 Å². The number of carbonyl (C=O) groups is 4. The van der Waals surface area contributed by atoms with Crippen LogP contribution < -0.4 is 16.0 Å². The van der Waals surface area contributed by atoms with E-state index in [-0.39, 0.29) is 11.8 Å². The number of hydrogen-bond acceptors (Lipinski definition) is 8. The molecule has 0 spiro atoms. The summed E-state index contributed by atoms with van der Waals surface area (Å²) in [4.78, 5) is 58.1. The summed E-state index contributed by atoms with van der Waals surface area (Å²) < 4.78 is 0. The molecule has 1 aromatic carbocycles. The molecule has 0 radical (unpaired) electrons. The van der Waals surface area contributed by atoms with Gasteiger partial charge in [-0.15, -0.1) is 11.3 Å². The number of benzene rings is 1. The summed E-state index contributed by atoms with van der Waals surface area (Å²) in [7, 11) is 0. The van der Waals surface area contributed by atoms with Crippen LogP contribution in [0.15, 0.2) is 24.3 Å². The summed E-state index contributed by atoms with van der Waals surface area (Å²) in [5.41, 5.74) is 0.608. The molecule has 0 saturated carbocycles. The van der Waals surface area contributed by atoms with Crippen molar-refractivity contribution in [2.24, 2.45) is 0 Å². The topological polar surface area (TPSA) is 167 Å². The van der Waals surface area contributed by atoms with Crippen molar-refractivity contribution >= 4 is 46.2 Å². The first-order valence-corrected chi connectivity index (χ1v) is 14.9. The Kier molecular flexibility index (Phi) is 10.6. The normalized spacial score (nSPS) is 14.3. The van der Waals surface area contributed by atoms with Gasteiger partial charge in [0.25, 0.3) is 0 Å². The maximum absolute atomic E-state index is 12.4. The van der Waals surface area contributed by atoms with E-state index in [0.717, 1.165) is 32.5 Å². The van der Waals surface area contributed by atoms with Crippen molar-refractivity contribution < 1.29 is 29.4 Å². The molecule has 3 rings (SSSR count). The summed E-state index contributed by atoms with van der Waals surface area (Å²) in [6.45, 7) is 13.9. The molecule has 14 heteroatoms. The van der Waals surface area contributed by atoms with E-state index < -0.39 is 29.6 Å². The lowest BCUT2D eigenvalue weighted by atomic mass is 10.0. The Balaban J connectivity index is 1.80. The SMILES string of the molecule is CC(=O)Nc1nc(CCc2ccc(NC(N(C(=O)O)C(C)(C)C)N(C(=O)O)C(C)(C)C)cc2)c(CN2CCNC(=O)C2)s1. The summed E-state index contributed by atoms with van der Waals surface area (Å²) in [5, 5.41) is 29.4. The minimum absolute atomic E-state index is 0.0155. The van der Waals surface area contributed by atoms with Crippen LogP contribution in [0.3, 0.4) is 0 Å².